The van der Waals surface area contributed by atoms with Crippen LogP contribution in [-0.4, -0.2) is 15.8 Å². The van der Waals surface area contributed by atoms with Crippen molar-refractivity contribution in [3.63, 3.8) is 0 Å². The molecule has 2 N–H and O–H groups in total. The smallest absolute Gasteiger partial charge is 0.0677 e. The predicted molar refractivity (Wildman–Crippen MR) is 75.0 cm³/mol. The number of rotatable bonds is 4. The summed E-state index contributed by atoms with van der Waals surface area (Å²) in [4.78, 5) is 0. The highest BCUT2D eigenvalue weighted by molar-refractivity contribution is 5.43. The Bertz CT molecular complexity index is 528. The average Bonchev–Trinajstić information content (AvgIpc) is 2.78. The summed E-state index contributed by atoms with van der Waals surface area (Å²) in [6.07, 6.45) is 5.85. The number of nitrogens with two attached hydrogens (primary N) is 1. The zero-order valence-corrected chi connectivity index (χ0v) is 11.4. The van der Waals surface area contributed by atoms with Gasteiger partial charge in [0.15, 0.2) is 0 Å². The third-order valence-electron chi connectivity index (χ3n) is 3.25. The van der Waals surface area contributed by atoms with Gasteiger partial charge in [0.2, 0.25) is 0 Å². The molecule has 2 aromatic rings. The van der Waals surface area contributed by atoms with Crippen LogP contribution in [0, 0.1) is 13.8 Å². The third-order valence-corrected chi connectivity index (χ3v) is 3.25. The zero-order chi connectivity index (χ0) is 13.1. The van der Waals surface area contributed by atoms with E-state index in [1.165, 1.54) is 16.7 Å². The van der Waals surface area contributed by atoms with Crippen LogP contribution < -0.4 is 5.73 Å². The minimum Gasteiger partial charge on any atom is -0.327 e. The zero-order valence-electron chi connectivity index (χ0n) is 11.4. The number of benzene rings is 1. The minimum atomic E-state index is 0.236. The van der Waals surface area contributed by atoms with Crippen molar-refractivity contribution in [2.75, 3.05) is 0 Å². The number of aromatic nitrogens is 2. The molecule has 0 amide bonds. The molecule has 0 aliphatic rings. The first-order valence-corrected chi connectivity index (χ1v) is 6.47. The lowest BCUT2D eigenvalue weighted by Crippen LogP contribution is -2.21. The molecule has 0 saturated heterocycles. The van der Waals surface area contributed by atoms with Crippen molar-refractivity contribution >= 4 is 0 Å². The summed E-state index contributed by atoms with van der Waals surface area (Å²) in [5.41, 5.74) is 10.8. The standard InChI is InChI=1S/C15H21N3/c1-4-14(16)7-13-6-5-12(3)15(8-13)18-10-11(2)9-17-18/h5-6,8-10,14H,4,7,16H2,1-3H3. The molecule has 96 valence electrons. The van der Waals surface area contributed by atoms with Gasteiger partial charge in [0.05, 0.1) is 11.9 Å². The molecule has 0 fully saturated rings. The fourth-order valence-corrected chi connectivity index (χ4v) is 2.02. The molecule has 0 radical (unpaired) electrons. The van der Waals surface area contributed by atoms with Crippen LogP contribution >= 0.6 is 0 Å². The van der Waals surface area contributed by atoms with Crippen molar-refractivity contribution < 1.29 is 0 Å². The van der Waals surface area contributed by atoms with Crippen LogP contribution in [-0.2, 0) is 6.42 Å². The average molecular weight is 243 g/mol. The molecule has 3 heteroatoms. The van der Waals surface area contributed by atoms with E-state index in [0.29, 0.717) is 0 Å². The maximum absolute atomic E-state index is 6.01. The Balaban J connectivity index is 2.32. The minimum absolute atomic E-state index is 0.236. The van der Waals surface area contributed by atoms with E-state index >= 15 is 0 Å². The molecule has 1 aromatic carbocycles. The van der Waals surface area contributed by atoms with E-state index in [1.807, 2.05) is 17.1 Å². The number of nitrogens with zero attached hydrogens (tertiary/aromatic N) is 2. The molecule has 3 nitrogen and oxygen atoms in total. The van der Waals surface area contributed by atoms with Crippen LogP contribution in [0.2, 0.25) is 0 Å². The molecule has 1 aromatic heterocycles. The molecule has 1 atom stereocenters. The van der Waals surface area contributed by atoms with Gasteiger partial charge in [0, 0.05) is 12.2 Å². The van der Waals surface area contributed by atoms with Crippen molar-refractivity contribution in [1.82, 2.24) is 9.78 Å². The highest BCUT2D eigenvalue weighted by Crippen LogP contribution is 2.17. The van der Waals surface area contributed by atoms with Gasteiger partial charge in [0.25, 0.3) is 0 Å². The molecule has 18 heavy (non-hydrogen) atoms. The fourth-order valence-electron chi connectivity index (χ4n) is 2.02. The maximum atomic E-state index is 6.01. The van der Waals surface area contributed by atoms with Crippen molar-refractivity contribution in [2.24, 2.45) is 5.73 Å². The van der Waals surface area contributed by atoms with Gasteiger partial charge in [-0.15, -0.1) is 0 Å². The number of hydrogen-bond donors (Lipinski definition) is 1. The molecular weight excluding hydrogens is 222 g/mol. The van der Waals surface area contributed by atoms with Gasteiger partial charge in [-0.25, -0.2) is 4.68 Å². The van der Waals surface area contributed by atoms with Gasteiger partial charge in [-0.1, -0.05) is 19.1 Å². The summed E-state index contributed by atoms with van der Waals surface area (Å²) >= 11 is 0. The molecule has 2 rings (SSSR count). The molecule has 0 saturated carbocycles. The van der Waals surface area contributed by atoms with Gasteiger partial charge in [-0.05, 0) is 49.4 Å². The van der Waals surface area contributed by atoms with Gasteiger partial charge in [-0.3, -0.25) is 0 Å². The maximum Gasteiger partial charge on any atom is 0.0677 e. The Hall–Kier alpha value is -1.61. The molecular formula is C15H21N3. The van der Waals surface area contributed by atoms with E-state index in [2.05, 4.69) is 44.1 Å². The lowest BCUT2D eigenvalue weighted by atomic mass is 10.0. The lowest BCUT2D eigenvalue weighted by Gasteiger charge is -2.12. The van der Waals surface area contributed by atoms with Gasteiger partial charge < -0.3 is 5.73 Å². The second-order valence-corrected chi connectivity index (χ2v) is 4.96. The fraction of sp³-hybridized carbons (Fsp3) is 0.400. The summed E-state index contributed by atoms with van der Waals surface area (Å²) in [5, 5.41) is 4.37. The summed E-state index contributed by atoms with van der Waals surface area (Å²) in [6, 6.07) is 6.73. The van der Waals surface area contributed by atoms with Gasteiger partial charge in [0.1, 0.15) is 0 Å². The normalized spacial score (nSPS) is 12.7. The molecule has 0 aliphatic heterocycles. The number of hydrogen-bond acceptors (Lipinski definition) is 2. The lowest BCUT2D eigenvalue weighted by molar-refractivity contribution is 0.646. The number of aryl methyl sites for hydroxylation is 2. The van der Waals surface area contributed by atoms with Crippen molar-refractivity contribution in [1.29, 1.82) is 0 Å². The third kappa shape index (κ3) is 2.79. The first-order valence-electron chi connectivity index (χ1n) is 6.47. The van der Waals surface area contributed by atoms with Crippen LogP contribution in [0.1, 0.15) is 30.0 Å². The Morgan fingerprint density at radius 2 is 2.11 bits per heavy atom. The van der Waals surface area contributed by atoms with E-state index in [1.54, 1.807) is 0 Å². The molecule has 1 unspecified atom stereocenters. The van der Waals surface area contributed by atoms with Crippen LogP contribution in [0.3, 0.4) is 0 Å². The second-order valence-electron chi connectivity index (χ2n) is 4.96. The van der Waals surface area contributed by atoms with Gasteiger partial charge >= 0.3 is 0 Å². The second kappa shape index (κ2) is 5.36. The summed E-state index contributed by atoms with van der Waals surface area (Å²) in [7, 11) is 0. The molecule has 0 spiro atoms. The van der Waals surface area contributed by atoms with Crippen molar-refractivity contribution in [2.45, 2.75) is 39.7 Å². The van der Waals surface area contributed by atoms with E-state index < -0.39 is 0 Å². The summed E-state index contributed by atoms with van der Waals surface area (Å²) in [6.45, 7) is 6.28. The highest BCUT2D eigenvalue weighted by Gasteiger charge is 2.06. The van der Waals surface area contributed by atoms with Crippen LogP contribution in [0.25, 0.3) is 5.69 Å². The van der Waals surface area contributed by atoms with Crippen molar-refractivity contribution in [3.8, 4) is 5.69 Å². The van der Waals surface area contributed by atoms with Crippen molar-refractivity contribution in [3.05, 3.63) is 47.3 Å². The first-order chi connectivity index (χ1) is 8.60. The summed E-state index contributed by atoms with van der Waals surface area (Å²) in [5.74, 6) is 0. The van der Waals surface area contributed by atoms with E-state index in [4.69, 9.17) is 5.73 Å². The Morgan fingerprint density at radius 3 is 2.72 bits per heavy atom. The SMILES string of the molecule is CCC(N)Cc1ccc(C)c(-n2cc(C)cn2)c1. The molecule has 0 aliphatic carbocycles. The monoisotopic (exact) mass is 243 g/mol. The van der Waals surface area contributed by atoms with E-state index in [-0.39, 0.29) is 6.04 Å². The first kappa shape index (κ1) is 12.8. The Morgan fingerprint density at radius 1 is 1.33 bits per heavy atom. The highest BCUT2D eigenvalue weighted by atomic mass is 15.3. The molecule has 1 heterocycles. The van der Waals surface area contributed by atoms with E-state index in [9.17, 15) is 0 Å². The predicted octanol–water partition coefficient (Wildman–Crippen LogP) is 2.77. The largest absolute Gasteiger partial charge is 0.327 e. The Kier molecular flexibility index (Phi) is 3.82. The van der Waals surface area contributed by atoms with Crippen LogP contribution in [0.5, 0.6) is 0 Å². The quantitative estimate of drug-likeness (QED) is 0.897. The van der Waals surface area contributed by atoms with E-state index in [0.717, 1.165) is 18.5 Å². The van der Waals surface area contributed by atoms with Crippen LogP contribution in [0.4, 0.5) is 0 Å². The van der Waals surface area contributed by atoms with Gasteiger partial charge in [-0.2, -0.15) is 5.10 Å². The molecule has 0 bridgehead atoms. The summed E-state index contributed by atoms with van der Waals surface area (Å²) < 4.78 is 1.94. The topological polar surface area (TPSA) is 43.8 Å². The van der Waals surface area contributed by atoms with Crippen LogP contribution in [0.15, 0.2) is 30.6 Å². The Labute approximate surface area is 109 Å².